The number of hydrogen-bond donors (Lipinski definition) is 2. The van der Waals surface area contributed by atoms with Crippen molar-refractivity contribution in [3.8, 4) is 0 Å². The number of likely N-dealkylation sites (N-methyl/N-ethyl adjacent to an activating group) is 1. The molecule has 3 rings (SSSR count). The molecule has 1 aliphatic carbocycles. The highest BCUT2D eigenvalue weighted by Gasteiger charge is 2.30. The first kappa shape index (κ1) is 18.6. The van der Waals surface area contributed by atoms with E-state index in [1.165, 1.54) is 11.9 Å². The molecule has 1 aliphatic rings. The molecule has 140 valence electrons. The van der Waals surface area contributed by atoms with Crippen LogP contribution < -0.4 is 5.32 Å². The van der Waals surface area contributed by atoms with E-state index in [1.807, 2.05) is 30.3 Å². The summed E-state index contributed by atoms with van der Waals surface area (Å²) in [5.74, 6) is -1.33. The average Bonchev–Trinajstić information content (AvgIpc) is 3.51. The smallest absolute Gasteiger partial charge is 0.326 e. The highest BCUT2D eigenvalue weighted by molar-refractivity contribution is 5.98. The molecule has 0 heterocycles. The number of benzene rings is 2. The molecule has 6 nitrogen and oxygen atoms in total. The summed E-state index contributed by atoms with van der Waals surface area (Å²) in [6.45, 7) is 0. The summed E-state index contributed by atoms with van der Waals surface area (Å²) in [4.78, 5) is 37.4. The van der Waals surface area contributed by atoms with Crippen molar-refractivity contribution in [2.24, 2.45) is 5.92 Å². The van der Waals surface area contributed by atoms with Crippen molar-refractivity contribution < 1.29 is 19.5 Å². The van der Waals surface area contributed by atoms with Gasteiger partial charge >= 0.3 is 5.97 Å². The SMILES string of the molecule is CN(C(=O)c1ccc(NC(=O)C2CC2)cc1)C(Cc1ccccc1)C(=O)O. The van der Waals surface area contributed by atoms with E-state index in [9.17, 15) is 19.5 Å². The van der Waals surface area contributed by atoms with Gasteiger partial charge < -0.3 is 15.3 Å². The molecule has 6 heteroatoms. The highest BCUT2D eigenvalue weighted by atomic mass is 16.4. The minimum atomic E-state index is -1.05. The first-order chi connectivity index (χ1) is 13.0. The van der Waals surface area contributed by atoms with E-state index in [0.717, 1.165) is 18.4 Å². The van der Waals surface area contributed by atoms with Crippen LogP contribution in [0.4, 0.5) is 5.69 Å². The van der Waals surface area contributed by atoms with Crippen molar-refractivity contribution in [2.75, 3.05) is 12.4 Å². The van der Waals surface area contributed by atoms with Gasteiger partial charge in [-0.3, -0.25) is 9.59 Å². The Morgan fingerprint density at radius 1 is 1.07 bits per heavy atom. The Hall–Kier alpha value is -3.15. The lowest BCUT2D eigenvalue weighted by Crippen LogP contribution is -2.43. The number of carbonyl (C=O) groups excluding carboxylic acids is 2. The van der Waals surface area contributed by atoms with Crippen LogP contribution in [0.3, 0.4) is 0 Å². The Morgan fingerprint density at radius 3 is 2.26 bits per heavy atom. The second-order valence-corrected chi connectivity index (χ2v) is 6.80. The van der Waals surface area contributed by atoms with E-state index in [0.29, 0.717) is 11.3 Å². The summed E-state index contributed by atoms with van der Waals surface area (Å²) >= 11 is 0. The molecule has 1 fully saturated rings. The number of amides is 2. The highest BCUT2D eigenvalue weighted by Crippen LogP contribution is 2.30. The van der Waals surface area contributed by atoms with Crippen LogP contribution in [0.2, 0.25) is 0 Å². The van der Waals surface area contributed by atoms with Gasteiger partial charge in [-0.1, -0.05) is 30.3 Å². The summed E-state index contributed by atoms with van der Waals surface area (Å²) in [5, 5.41) is 12.4. The number of nitrogens with zero attached hydrogens (tertiary/aromatic N) is 1. The van der Waals surface area contributed by atoms with Gasteiger partial charge in [0.15, 0.2) is 0 Å². The van der Waals surface area contributed by atoms with E-state index < -0.39 is 12.0 Å². The standard InChI is InChI=1S/C21H22N2O4/c1-23(18(21(26)27)13-14-5-3-2-4-6-14)20(25)16-9-11-17(12-10-16)22-19(24)15-7-8-15/h2-6,9-12,15,18H,7-8,13H2,1H3,(H,22,24)(H,26,27). The number of carboxylic acid groups (broad SMARTS) is 1. The number of aliphatic carboxylic acids is 1. The van der Waals surface area contributed by atoms with Crippen molar-refractivity contribution >= 4 is 23.5 Å². The van der Waals surface area contributed by atoms with Crippen molar-refractivity contribution in [3.05, 3.63) is 65.7 Å². The van der Waals surface area contributed by atoms with Gasteiger partial charge in [0, 0.05) is 30.6 Å². The third-order valence-corrected chi connectivity index (χ3v) is 4.69. The first-order valence-electron chi connectivity index (χ1n) is 8.90. The minimum Gasteiger partial charge on any atom is -0.480 e. The lowest BCUT2D eigenvalue weighted by atomic mass is 10.0. The van der Waals surface area contributed by atoms with Crippen LogP contribution >= 0.6 is 0 Å². The third kappa shape index (κ3) is 4.73. The van der Waals surface area contributed by atoms with E-state index in [2.05, 4.69) is 5.32 Å². The zero-order chi connectivity index (χ0) is 19.4. The molecule has 1 atom stereocenters. The molecular formula is C21H22N2O4. The van der Waals surface area contributed by atoms with Gasteiger partial charge in [-0.2, -0.15) is 0 Å². The van der Waals surface area contributed by atoms with Gasteiger partial charge in [0.05, 0.1) is 0 Å². The summed E-state index contributed by atoms with van der Waals surface area (Å²) in [6.07, 6.45) is 2.07. The fourth-order valence-electron chi connectivity index (χ4n) is 2.86. The molecule has 2 amide bonds. The van der Waals surface area contributed by atoms with Crippen LogP contribution in [0.15, 0.2) is 54.6 Å². The van der Waals surface area contributed by atoms with Gasteiger partial charge in [-0.25, -0.2) is 4.79 Å². The van der Waals surface area contributed by atoms with Crippen molar-refractivity contribution in [1.29, 1.82) is 0 Å². The number of nitrogens with one attached hydrogen (secondary N) is 1. The Labute approximate surface area is 157 Å². The minimum absolute atomic E-state index is 0.00000285. The topological polar surface area (TPSA) is 86.7 Å². The fraction of sp³-hybridized carbons (Fsp3) is 0.286. The summed E-state index contributed by atoms with van der Waals surface area (Å²) in [5.41, 5.74) is 1.86. The van der Waals surface area contributed by atoms with Crippen LogP contribution in [-0.4, -0.2) is 40.9 Å². The molecule has 0 saturated heterocycles. The van der Waals surface area contributed by atoms with Gasteiger partial charge in [0.1, 0.15) is 6.04 Å². The largest absolute Gasteiger partial charge is 0.480 e. The monoisotopic (exact) mass is 366 g/mol. The molecule has 0 aliphatic heterocycles. The summed E-state index contributed by atoms with van der Waals surface area (Å²) in [6, 6.07) is 14.8. The van der Waals surface area contributed by atoms with E-state index in [1.54, 1.807) is 24.3 Å². The summed E-state index contributed by atoms with van der Waals surface area (Å²) in [7, 11) is 1.49. The maximum absolute atomic E-state index is 12.7. The van der Waals surface area contributed by atoms with Crippen LogP contribution in [0.25, 0.3) is 0 Å². The molecule has 2 aromatic rings. The van der Waals surface area contributed by atoms with E-state index >= 15 is 0 Å². The molecule has 0 radical (unpaired) electrons. The maximum Gasteiger partial charge on any atom is 0.326 e. The zero-order valence-corrected chi connectivity index (χ0v) is 15.1. The second-order valence-electron chi connectivity index (χ2n) is 6.80. The number of carboxylic acids is 1. The molecule has 0 spiro atoms. The van der Waals surface area contributed by atoms with Crippen LogP contribution in [0.5, 0.6) is 0 Å². The predicted molar refractivity (Wildman–Crippen MR) is 101 cm³/mol. The molecule has 0 bridgehead atoms. The molecular weight excluding hydrogens is 344 g/mol. The van der Waals surface area contributed by atoms with Crippen molar-refractivity contribution in [1.82, 2.24) is 4.90 Å². The molecule has 2 aromatic carbocycles. The number of carbonyl (C=O) groups is 3. The average molecular weight is 366 g/mol. The first-order valence-corrected chi connectivity index (χ1v) is 8.90. The summed E-state index contributed by atoms with van der Waals surface area (Å²) < 4.78 is 0. The van der Waals surface area contributed by atoms with Gasteiger partial charge in [-0.15, -0.1) is 0 Å². The molecule has 2 N–H and O–H groups in total. The number of rotatable bonds is 7. The Kier molecular flexibility index (Phi) is 5.54. The third-order valence-electron chi connectivity index (χ3n) is 4.69. The molecule has 1 unspecified atom stereocenters. The predicted octanol–water partition coefficient (Wildman–Crippen LogP) is 2.80. The lowest BCUT2D eigenvalue weighted by Gasteiger charge is -2.25. The Balaban J connectivity index is 1.68. The van der Waals surface area contributed by atoms with Crippen LogP contribution in [0, 0.1) is 5.92 Å². The van der Waals surface area contributed by atoms with E-state index in [4.69, 9.17) is 0 Å². The quantitative estimate of drug-likeness (QED) is 0.789. The lowest BCUT2D eigenvalue weighted by molar-refractivity contribution is -0.141. The van der Waals surface area contributed by atoms with Crippen molar-refractivity contribution in [2.45, 2.75) is 25.3 Å². The molecule has 0 aromatic heterocycles. The van der Waals surface area contributed by atoms with Gasteiger partial charge in [0.25, 0.3) is 5.91 Å². The van der Waals surface area contributed by atoms with Crippen LogP contribution in [0.1, 0.15) is 28.8 Å². The molecule has 27 heavy (non-hydrogen) atoms. The van der Waals surface area contributed by atoms with Gasteiger partial charge in [0.2, 0.25) is 5.91 Å². The van der Waals surface area contributed by atoms with E-state index in [-0.39, 0.29) is 24.2 Å². The van der Waals surface area contributed by atoms with Gasteiger partial charge in [-0.05, 0) is 42.7 Å². The fourth-order valence-corrected chi connectivity index (χ4v) is 2.86. The zero-order valence-electron chi connectivity index (χ0n) is 15.1. The maximum atomic E-state index is 12.7. The number of hydrogen-bond acceptors (Lipinski definition) is 3. The van der Waals surface area contributed by atoms with Crippen molar-refractivity contribution in [3.63, 3.8) is 0 Å². The molecule has 1 saturated carbocycles. The Morgan fingerprint density at radius 2 is 1.70 bits per heavy atom. The van der Waals surface area contributed by atoms with Crippen LogP contribution in [-0.2, 0) is 16.0 Å². The second kappa shape index (κ2) is 8.03. The Bertz CT molecular complexity index is 829. The normalized spacial score (nSPS) is 14.3. The number of anilines is 1.